The predicted molar refractivity (Wildman–Crippen MR) is 118 cm³/mol. The maximum Gasteiger partial charge on any atom is 0.263 e. The summed E-state index contributed by atoms with van der Waals surface area (Å²) in [7, 11) is 0. The fraction of sp³-hybridized carbons (Fsp3) is 0.261. The Labute approximate surface area is 176 Å². The summed E-state index contributed by atoms with van der Waals surface area (Å²) < 4.78 is 5.60. The van der Waals surface area contributed by atoms with E-state index in [1.807, 2.05) is 43.3 Å². The number of carbonyl (C=O) groups is 1. The third-order valence-corrected chi connectivity index (χ3v) is 5.10. The second-order valence-corrected chi connectivity index (χ2v) is 7.17. The van der Waals surface area contributed by atoms with Gasteiger partial charge in [0.1, 0.15) is 23.7 Å². The lowest BCUT2D eigenvalue weighted by Crippen LogP contribution is -2.46. The number of para-hydroxylation sites is 2. The fourth-order valence-corrected chi connectivity index (χ4v) is 3.46. The Balaban J connectivity index is 1.32. The SMILES string of the molecule is Cc1ccccc1OCC(=O)Nc1cc(N2CCN(c3ccccc3)CC2)ncn1. The second kappa shape index (κ2) is 9.26. The van der Waals surface area contributed by atoms with Crippen LogP contribution >= 0.6 is 0 Å². The molecule has 4 rings (SSSR count). The standard InChI is InChI=1S/C23H25N5O2/c1-18-7-5-6-10-20(18)30-16-23(29)26-21-15-22(25-17-24-21)28-13-11-27(12-14-28)19-8-3-2-4-9-19/h2-10,15,17H,11-14,16H2,1H3,(H,24,25,26,29). The van der Waals surface area contributed by atoms with Crippen LogP contribution in [0.5, 0.6) is 5.75 Å². The lowest BCUT2D eigenvalue weighted by atomic mass is 10.2. The van der Waals surface area contributed by atoms with E-state index in [2.05, 4.69) is 49.4 Å². The quantitative estimate of drug-likeness (QED) is 0.682. The minimum absolute atomic E-state index is 0.0695. The van der Waals surface area contributed by atoms with Crippen LogP contribution in [0.1, 0.15) is 5.56 Å². The highest BCUT2D eigenvalue weighted by molar-refractivity contribution is 5.91. The number of rotatable bonds is 6. The minimum Gasteiger partial charge on any atom is -0.483 e. The number of piperazine rings is 1. The summed E-state index contributed by atoms with van der Waals surface area (Å²) in [5, 5.41) is 2.79. The topological polar surface area (TPSA) is 70.6 Å². The number of nitrogens with zero attached hydrogens (tertiary/aromatic N) is 4. The molecule has 1 fully saturated rings. The molecule has 7 nitrogen and oxygen atoms in total. The normalized spacial score (nSPS) is 13.8. The number of benzene rings is 2. The highest BCUT2D eigenvalue weighted by Crippen LogP contribution is 2.20. The molecule has 154 valence electrons. The average molecular weight is 403 g/mol. The molecular weight excluding hydrogens is 378 g/mol. The number of aryl methyl sites for hydroxylation is 1. The van der Waals surface area contributed by atoms with E-state index in [0.29, 0.717) is 11.6 Å². The summed E-state index contributed by atoms with van der Waals surface area (Å²) in [4.78, 5) is 25.4. The number of anilines is 3. The second-order valence-electron chi connectivity index (χ2n) is 7.17. The maximum absolute atomic E-state index is 12.3. The number of hydrogen-bond acceptors (Lipinski definition) is 6. The van der Waals surface area contributed by atoms with E-state index in [1.54, 1.807) is 0 Å². The summed E-state index contributed by atoms with van der Waals surface area (Å²) in [6, 6.07) is 19.8. The van der Waals surface area contributed by atoms with Gasteiger partial charge >= 0.3 is 0 Å². The lowest BCUT2D eigenvalue weighted by molar-refractivity contribution is -0.118. The Kier molecular flexibility index (Phi) is 6.08. The van der Waals surface area contributed by atoms with Crippen LogP contribution in [0.25, 0.3) is 0 Å². The van der Waals surface area contributed by atoms with Gasteiger partial charge < -0.3 is 19.9 Å². The first-order chi connectivity index (χ1) is 14.7. The number of nitrogens with one attached hydrogen (secondary N) is 1. The molecule has 1 saturated heterocycles. The lowest BCUT2D eigenvalue weighted by Gasteiger charge is -2.36. The van der Waals surface area contributed by atoms with Crippen molar-refractivity contribution in [1.82, 2.24) is 9.97 Å². The molecule has 0 unspecified atom stereocenters. The van der Waals surface area contributed by atoms with Gasteiger partial charge in [-0.3, -0.25) is 4.79 Å². The monoisotopic (exact) mass is 403 g/mol. The maximum atomic E-state index is 12.3. The number of carbonyl (C=O) groups excluding carboxylic acids is 1. The Hall–Kier alpha value is -3.61. The Morgan fingerprint density at radius 1 is 0.967 bits per heavy atom. The summed E-state index contributed by atoms with van der Waals surface area (Å²) in [6.07, 6.45) is 1.48. The van der Waals surface area contributed by atoms with E-state index in [1.165, 1.54) is 12.0 Å². The first kappa shape index (κ1) is 19.7. The van der Waals surface area contributed by atoms with Gasteiger partial charge in [-0.25, -0.2) is 9.97 Å². The zero-order chi connectivity index (χ0) is 20.8. The van der Waals surface area contributed by atoms with E-state index in [0.717, 1.165) is 37.6 Å². The Morgan fingerprint density at radius 3 is 2.43 bits per heavy atom. The van der Waals surface area contributed by atoms with Crippen molar-refractivity contribution in [2.75, 3.05) is 47.9 Å². The van der Waals surface area contributed by atoms with Crippen LogP contribution in [0.3, 0.4) is 0 Å². The predicted octanol–water partition coefficient (Wildman–Crippen LogP) is 3.13. The fourth-order valence-electron chi connectivity index (χ4n) is 3.46. The van der Waals surface area contributed by atoms with Gasteiger partial charge in [0.15, 0.2) is 6.61 Å². The molecule has 0 radical (unpaired) electrons. The molecule has 2 aromatic carbocycles. The molecule has 1 aliphatic rings. The third kappa shape index (κ3) is 4.86. The van der Waals surface area contributed by atoms with Gasteiger partial charge in [0.2, 0.25) is 0 Å². The van der Waals surface area contributed by atoms with E-state index < -0.39 is 0 Å². The summed E-state index contributed by atoms with van der Waals surface area (Å²) in [6.45, 7) is 5.42. The number of hydrogen-bond donors (Lipinski definition) is 1. The smallest absolute Gasteiger partial charge is 0.263 e. The van der Waals surface area contributed by atoms with Crippen molar-refractivity contribution in [3.8, 4) is 5.75 Å². The van der Waals surface area contributed by atoms with Gasteiger partial charge in [0.25, 0.3) is 5.91 Å². The first-order valence-corrected chi connectivity index (χ1v) is 10.0. The van der Waals surface area contributed by atoms with E-state index in [4.69, 9.17) is 4.74 Å². The van der Waals surface area contributed by atoms with Gasteiger partial charge in [0, 0.05) is 37.9 Å². The van der Waals surface area contributed by atoms with Crippen molar-refractivity contribution in [3.63, 3.8) is 0 Å². The van der Waals surface area contributed by atoms with Crippen LogP contribution in [0.4, 0.5) is 17.3 Å². The van der Waals surface area contributed by atoms with E-state index >= 15 is 0 Å². The Morgan fingerprint density at radius 2 is 1.67 bits per heavy atom. The number of aromatic nitrogens is 2. The largest absolute Gasteiger partial charge is 0.483 e. The van der Waals surface area contributed by atoms with E-state index in [-0.39, 0.29) is 12.5 Å². The van der Waals surface area contributed by atoms with Crippen molar-refractivity contribution in [2.24, 2.45) is 0 Å². The number of ether oxygens (including phenoxy) is 1. The van der Waals surface area contributed by atoms with Crippen LogP contribution in [0.2, 0.25) is 0 Å². The summed E-state index contributed by atoms with van der Waals surface area (Å²) in [5.41, 5.74) is 2.23. The molecule has 1 aliphatic heterocycles. The van der Waals surface area contributed by atoms with Gasteiger partial charge in [-0.15, -0.1) is 0 Å². The van der Waals surface area contributed by atoms with Gasteiger partial charge in [-0.05, 0) is 30.7 Å². The molecule has 30 heavy (non-hydrogen) atoms. The highest BCUT2D eigenvalue weighted by atomic mass is 16.5. The number of amides is 1. The van der Waals surface area contributed by atoms with Crippen LogP contribution < -0.4 is 19.9 Å². The molecule has 1 N–H and O–H groups in total. The summed E-state index contributed by atoms with van der Waals surface area (Å²) in [5.74, 6) is 1.74. The average Bonchev–Trinajstić information content (AvgIpc) is 2.79. The zero-order valence-corrected chi connectivity index (χ0v) is 17.0. The zero-order valence-electron chi connectivity index (χ0n) is 17.0. The van der Waals surface area contributed by atoms with Crippen LogP contribution in [0, 0.1) is 6.92 Å². The van der Waals surface area contributed by atoms with Crippen molar-refractivity contribution in [2.45, 2.75) is 6.92 Å². The molecule has 0 aliphatic carbocycles. The molecule has 1 amide bonds. The molecule has 1 aromatic heterocycles. The van der Waals surface area contributed by atoms with Crippen LogP contribution in [-0.4, -0.2) is 48.7 Å². The molecule has 2 heterocycles. The van der Waals surface area contributed by atoms with Gasteiger partial charge in [-0.2, -0.15) is 0 Å². The molecule has 0 atom stereocenters. The third-order valence-electron chi connectivity index (χ3n) is 5.10. The molecule has 0 bridgehead atoms. The molecule has 7 heteroatoms. The van der Waals surface area contributed by atoms with Gasteiger partial charge in [-0.1, -0.05) is 36.4 Å². The first-order valence-electron chi connectivity index (χ1n) is 10.0. The van der Waals surface area contributed by atoms with Crippen LogP contribution in [-0.2, 0) is 4.79 Å². The van der Waals surface area contributed by atoms with Crippen molar-refractivity contribution in [1.29, 1.82) is 0 Å². The molecule has 3 aromatic rings. The van der Waals surface area contributed by atoms with Crippen molar-refractivity contribution >= 4 is 23.2 Å². The molecule has 0 saturated carbocycles. The van der Waals surface area contributed by atoms with E-state index in [9.17, 15) is 4.79 Å². The van der Waals surface area contributed by atoms with Crippen molar-refractivity contribution < 1.29 is 9.53 Å². The molecular formula is C23H25N5O2. The van der Waals surface area contributed by atoms with Gasteiger partial charge in [0.05, 0.1) is 0 Å². The molecule has 0 spiro atoms. The summed E-state index contributed by atoms with van der Waals surface area (Å²) >= 11 is 0. The minimum atomic E-state index is -0.253. The highest BCUT2D eigenvalue weighted by Gasteiger charge is 2.19. The van der Waals surface area contributed by atoms with Crippen LogP contribution in [0.15, 0.2) is 67.0 Å². The van der Waals surface area contributed by atoms with Crippen molar-refractivity contribution in [3.05, 3.63) is 72.6 Å². The Bertz CT molecular complexity index is 988.